The van der Waals surface area contributed by atoms with E-state index in [4.69, 9.17) is 42.2 Å². The molecule has 0 spiro atoms. The van der Waals surface area contributed by atoms with Gasteiger partial charge in [-0.15, -0.1) is 12.4 Å². The van der Waals surface area contributed by atoms with Gasteiger partial charge in [-0.05, 0) is 0 Å². The summed E-state index contributed by atoms with van der Waals surface area (Å²) < 4.78 is 26.2. The van der Waals surface area contributed by atoms with Crippen molar-refractivity contribution in [2.24, 2.45) is 0 Å². The lowest BCUT2D eigenvalue weighted by atomic mass is 15.8. The Bertz CT molecular complexity index is 121. The second-order valence-corrected chi connectivity index (χ2v) is 2.54. The lowest BCUT2D eigenvalue weighted by Crippen LogP contribution is -1.90. The summed E-state index contributed by atoms with van der Waals surface area (Å²) in [6, 6.07) is 0. The molecule has 0 radical (unpaired) electrons. The molecule has 92 valence electrons. The smallest absolute Gasteiger partial charge is 0.511 e. The molecule has 0 saturated carbocycles. The Kier molecular flexibility index (Phi) is 70.6. The van der Waals surface area contributed by atoms with Crippen molar-refractivity contribution in [1.82, 2.24) is 0 Å². The zero-order chi connectivity index (χ0) is 10.7. The van der Waals surface area contributed by atoms with E-state index >= 15 is 0 Å². The fraction of sp³-hybridized carbons (Fsp3) is 0. The highest BCUT2D eigenvalue weighted by Gasteiger charge is 1.85. The molecule has 9 nitrogen and oxygen atoms in total. The van der Waals surface area contributed by atoms with Crippen LogP contribution in [0, 0.1) is 0 Å². The molecule has 0 aliphatic heterocycles. The monoisotopic (exact) mass is 330 g/mol. The van der Waals surface area contributed by atoms with Crippen LogP contribution >= 0.6 is 12.4 Å². The summed E-state index contributed by atoms with van der Waals surface area (Å²) in [4.78, 5) is 42.9. The van der Waals surface area contributed by atoms with Crippen molar-refractivity contribution in [1.29, 1.82) is 0 Å². The molecule has 0 aliphatic carbocycles. The van der Waals surface area contributed by atoms with Crippen LogP contribution in [-0.4, -0.2) is 91.0 Å². The molecule has 15 heavy (non-hydrogen) atoms. The number of hydrogen-bond acceptors (Lipinski definition) is 3. The third kappa shape index (κ3) is 50100. The molecule has 0 saturated heterocycles. The first-order chi connectivity index (χ1) is 5.20. The van der Waals surface area contributed by atoms with E-state index in [0.717, 1.165) is 0 Å². The Morgan fingerprint density at radius 2 is 0.533 bits per heavy atom. The van der Waals surface area contributed by atoms with Gasteiger partial charge in [-0.3, -0.25) is 13.4 Å². The molecule has 0 aromatic rings. The molecule has 6 N–H and O–H groups in total. The van der Waals surface area contributed by atoms with Gasteiger partial charge in [0.25, 0.3) is 0 Å². The summed E-state index contributed by atoms with van der Waals surface area (Å²) in [7, 11) is -9.39. The molecule has 0 bridgehead atoms. The van der Waals surface area contributed by atoms with E-state index in [0.29, 0.717) is 0 Å². The highest BCUT2D eigenvalue weighted by molar-refractivity contribution is 6.22. The Hall–Kier alpha value is 0.206. The largest absolute Gasteiger partial charge is 0.761 e. The fourth-order valence-electron chi connectivity index (χ4n) is 0. The molecule has 0 fully saturated rings. The third-order valence-electron chi connectivity index (χ3n) is 0. The quantitative estimate of drug-likeness (QED) is 0.236. The molecule has 0 unspecified atom stereocenters. The number of halogens is 1. The van der Waals surface area contributed by atoms with E-state index in [9.17, 15) is 0 Å². The maximum absolute atomic E-state index is 8.74. The predicted molar refractivity (Wildman–Crippen MR) is 59.8 cm³/mol. The van der Waals surface area contributed by atoms with E-state index in [1.54, 1.807) is 0 Å². The van der Waals surface area contributed by atoms with Crippen LogP contribution in [0.2, 0.25) is 0 Å². The molecular weight excluding hydrogens is 318 g/mol. The van der Waals surface area contributed by atoms with E-state index in [2.05, 4.69) is 0 Å². The maximum Gasteiger partial charge on any atom is 0.761 e. The molecule has 0 aromatic heterocycles. The van der Waals surface area contributed by atoms with Crippen LogP contribution in [0.25, 0.3) is 0 Å². The second-order valence-electron chi connectivity index (χ2n) is 0.848. The van der Waals surface area contributed by atoms with Crippen molar-refractivity contribution < 1.29 is 42.2 Å². The standard InChI is InChI=1S/2Al.ClH.3H2O3Si.6H/c;;;3*1-4(2)3;;;;;;/h;;1H;3*1-2H;;;;;;. The normalized spacial score (nSPS) is 4.80. The summed E-state index contributed by atoms with van der Waals surface area (Å²) >= 11 is 0. The number of hydrogen-bond donors (Lipinski definition) is 6. The first-order valence-corrected chi connectivity index (χ1v) is 5.86. The minimum absolute atomic E-state index is 0. The first-order valence-electron chi connectivity index (χ1n) is 1.95. The van der Waals surface area contributed by atoms with Gasteiger partial charge in [-0.25, -0.2) is 0 Å². The summed E-state index contributed by atoms with van der Waals surface area (Å²) in [5.74, 6) is 0. The van der Waals surface area contributed by atoms with Crippen LogP contribution in [0.5, 0.6) is 0 Å². The molecular formula is H13Al2ClO9Si3. The van der Waals surface area contributed by atoms with Crippen LogP contribution in [0.4, 0.5) is 0 Å². The Labute approximate surface area is 116 Å². The lowest BCUT2D eigenvalue weighted by molar-refractivity contribution is 0.328. The number of rotatable bonds is 0. The van der Waals surface area contributed by atoms with Crippen LogP contribution in [0.3, 0.4) is 0 Å². The van der Waals surface area contributed by atoms with Crippen LogP contribution in [0.1, 0.15) is 0 Å². The second kappa shape index (κ2) is 29.2. The Morgan fingerprint density at radius 3 is 0.533 bits per heavy atom. The lowest BCUT2D eigenvalue weighted by Gasteiger charge is -1.55. The summed E-state index contributed by atoms with van der Waals surface area (Å²) in [5.41, 5.74) is 0. The average Bonchev–Trinajstić information content (AvgIpc) is 1.54. The van der Waals surface area contributed by atoms with Gasteiger partial charge in [-0.2, -0.15) is 0 Å². The highest BCUT2D eigenvalue weighted by Crippen LogP contribution is 1.27. The molecule has 0 amide bonds. The first kappa shape index (κ1) is 36.2. The minimum atomic E-state index is -3.13. The Balaban J connectivity index is -0.0000000184. The zero-order valence-corrected chi connectivity index (χ0v) is 9.63. The van der Waals surface area contributed by atoms with Crippen LogP contribution < -0.4 is 0 Å². The fourth-order valence-corrected chi connectivity index (χ4v) is 0. The van der Waals surface area contributed by atoms with E-state index in [1.165, 1.54) is 0 Å². The van der Waals surface area contributed by atoms with Gasteiger partial charge in [0.1, 0.15) is 0 Å². The molecule has 0 atom stereocenters. The van der Waals surface area contributed by atoms with Gasteiger partial charge >= 0.3 is 27.5 Å². The maximum atomic E-state index is 8.74. The predicted octanol–water partition coefficient (Wildman–Crippen LogP) is -6.79. The van der Waals surface area contributed by atoms with E-state index in [-0.39, 0.29) is 47.1 Å². The van der Waals surface area contributed by atoms with Crippen molar-refractivity contribution >= 4 is 74.6 Å². The van der Waals surface area contributed by atoms with Gasteiger partial charge < -0.3 is 28.8 Å². The average molecular weight is 331 g/mol. The molecule has 0 aliphatic rings. The van der Waals surface area contributed by atoms with Crippen molar-refractivity contribution in [3.05, 3.63) is 0 Å². The molecule has 0 heterocycles. The Morgan fingerprint density at radius 1 is 0.533 bits per heavy atom. The topological polar surface area (TPSA) is 173 Å². The van der Waals surface area contributed by atoms with Gasteiger partial charge in [0.15, 0.2) is 34.7 Å². The SMILES string of the molecule is Cl.O=[Si](O)O.O=[Si](O)O.O=[Si](O)O.[AlH3].[AlH3]. The summed E-state index contributed by atoms with van der Waals surface area (Å²) in [6.45, 7) is 0. The van der Waals surface area contributed by atoms with Gasteiger partial charge in [0.2, 0.25) is 0 Å². The van der Waals surface area contributed by atoms with Crippen molar-refractivity contribution in [3.63, 3.8) is 0 Å². The third-order valence-corrected chi connectivity index (χ3v) is 0. The zero-order valence-electron chi connectivity index (χ0n) is 5.82. The highest BCUT2D eigenvalue weighted by atomic mass is 35.5. The molecule has 0 rings (SSSR count). The van der Waals surface area contributed by atoms with Crippen LogP contribution in [-0.2, 0) is 13.4 Å². The van der Waals surface area contributed by atoms with E-state index < -0.39 is 27.5 Å². The van der Waals surface area contributed by atoms with Crippen molar-refractivity contribution in [2.45, 2.75) is 0 Å². The van der Waals surface area contributed by atoms with Crippen molar-refractivity contribution in [3.8, 4) is 0 Å². The van der Waals surface area contributed by atoms with E-state index in [1.807, 2.05) is 0 Å². The summed E-state index contributed by atoms with van der Waals surface area (Å²) in [5, 5.41) is 0. The summed E-state index contributed by atoms with van der Waals surface area (Å²) in [6.07, 6.45) is 0. The van der Waals surface area contributed by atoms with Gasteiger partial charge in [0, 0.05) is 0 Å². The van der Waals surface area contributed by atoms with Crippen molar-refractivity contribution in [2.75, 3.05) is 0 Å². The molecule has 15 heteroatoms. The van der Waals surface area contributed by atoms with Crippen LogP contribution in [0.15, 0.2) is 0 Å². The van der Waals surface area contributed by atoms with Gasteiger partial charge in [-0.1, -0.05) is 0 Å². The van der Waals surface area contributed by atoms with Gasteiger partial charge in [0.05, 0.1) is 0 Å². The molecule has 0 aromatic carbocycles. The minimum Gasteiger partial charge on any atom is -0.511 e.